The summed E-state index contributed by atoms with van der Waals surface area (Å²) in [5.74, 6) is 7.04. The normalized spacial score (nSPS) is 16.0. The molecule has 0 unspecified atom stereocenters. The van der Waals surface area contributed by atoms with Gasteiger partial charge in [-0.15, -0.1) is 0 Å². The minimum atomic E-state index is 0.389. The Morgan fingerprint density at radius 2 is 1.79 bits per heavy atom. The summed E-state index contributed by atoms with van der Waals surface area (Å²) in [6.07, 6.45) is 2.52. The molecule has 0 saturated heterocycles. The Bertz CT molecular complexity index is 426. The molecular weight excluding hydrogens is 242 g/mol. The number of hydrazine groups is 1. The fourth-order valence-corrected chi connectivity index (χ4v) is 1.84. The van der Waals surface area contributed by atoms with Crippen molar-refractivity contribution >= 4 is 17.8 Å². The number of hydrogen-bond acceptors (Lipinski definition) is 7. The van der Waals surface area contributed by atoms with E-state index in [0.29, 0.717) is 23.3 Å². The Balaban J connectivity index is 2.14. The standard InChI is InChI=1S/C12H23N7/c1-4-19(5-2)11-16-9(15-10(17-11)18-13)14-8-12(3)6-7-12/h4-8,13H2,1-3H3,(H2,14,15,16,17,18). The molecule has 0 bridgehead atoms. The molecule has 0 atom stereocenters. The van der Waals surface area contributed by atoms with Gasteiger partial charge in [0.25, 0.3) is 0 Å². The van der Waals surface area contributed by atoms with Crippen LogP contribution in [-0.2, 0) is 0 Å². The van der Waals surface area contributed by atoms with Crippen LogP contribution in [0.25, 0.3) is 0 Å². The molecule has 1 aromatic rings. The summed E-state index contributed by atoms with van der Waals surface area (Å²) >= 11 is 0. The van der Waals surface area contributed by atoms with Crippen LogP contribution >= 0.6 is 0 Å². The maximum absolute atomic E-state index is 5.42. The second-order valence-electron chi connectivity index (χ2n) is 5.26. The van der Waals surface area contributed by atoms with Gasteiger partial charge >= 0.3 is 0 Å². The van der Waals surface area contributed by atoms with Crippen molar-refractivity contribution < 1.29 is 0 Å². The first-order valence-electron chi connectivity index (χ1n) is 6.81. The van der Waals surface area contributed by atoms with Gasteiger partial charge in [0.05, 0.1) is 0 Å². The predicted octanol–water partition coefficient (Wildman–Crippen LogP) is 1.22. The lowest BCUT2D eigenvalue weighted by Crippen LogP contribution is -2.26. The summed E-state index contributed by atoms with van der Waals surface area (Å²) in [5.41, 5.74) is 2.90. The summed E-state index contributed by atoms with van der Waals surface area (Å²) in [7, 11) is 0. The third-order valence-electron chi connectivity index (χ3n) is 3.58. The molecule has 0 aromatic carbocycles. The molecule has 2 rings (SSSR count). The Kier molecular flexibility index (Phi) is 4.04. The number of rotatable bonds is 7. The van der Waals surface area contributed by atoms with Gasteiger partial charge < -0.3 is 10.2 Å². The first-order valence-corrected chi connectivity index (χ1v) is 6.81. The van der Waals surface area contributed by atoms with Crippen molar-refractivity contribution in [1.82, 2.24) is 15.0 Å². The van der Waals surface area contributed by atoms with E-state index in [-0.39, 0.29) is 0 Å². The zero-order valence-corrected chi connectivity index (χ0v) is 11.9. The van der Waals surface area contributed by atoms with Crippen LogP contribution in [0.5, 0.6) is 0 Å². The van der Waals surface area contributed by atoms with Crippen LogP contribution in [0.2, 0.25) is 0 Å². The fraction of sp³-hybridized carbons (Fsp3) is 0.750. The van der Waals surface area contributed by atoms with Gasteiger partial charge in [0.2, 0.25) is 17.8 Å². The van der Waals surface area contributed by atoms with Crippen LogP contribution in [0, 0.1) is 5.41 Å². The van der Waals surface area contributed by atoms with E-state index >= 15 is 0 Å². The van der Waals surface area contributed by atoms with Crippen LogP contribution in [0.1, 0.15) is 33.6 Å². The highest BCUT2D eigenvalue weighted by molar-refractivity contribution is 5.43. The summed E-state index contributed by atoms with van der Waals surface area (Å²) in [6.45, 7) is 8.99. The van der Waals surface area contributed by atoms with Crippen LogP contribution in [0.3, 0.4) is 0 Å². The van der Waals surface area contributed by atoms with Crippen molar-refractivity contribution in [3.63, 3.8) is 0 Å². The first kappa shape index (κ1) is 13.8. The zero-order valence-electron chi connectivity index (χ0n) is 11.9. The van der Waals surface area contributed by atoms with Crippen molar-refractivity contribution in [2.24, 2.45) is 11.3 Å². The van der Waals surface area contributed by atoms with Crippen molar-refractivity contribution in [2.75, 3.05) is 35.3 Å². The number of nitrogens with zero attached hydrogens (tertiary/aromatic N) is 4. The highest BCUT2D eigenvalue weighted by Gasteiger charge is 2.37. The number of aromatic nitrogens is 3. The molecule has 4 N–H and O–H groups in total. The Morgan fingerprint density at radius 3 is 2.32 bits per heavy atom. The third kappa shape index (κ3) is 3.44. The van der Waals surface area contributed by atoms with E-state index in [4.69, 9.17) is 5.84 Å². The smallest absolute Gasteiger partial charge is 0.243 e. The monoisotopic (exact) mass is 265 g/mol. The lowest BCUT2D eigenvalue weighted by molar-refractivity contribution is 0.607. The third-order valence-corrected chi connectivity index (χ3v) is 3.58. The molecule has 7 heteroatoms. The molecule has 0 amide bonds. The minimum Gasteiger partial charge on any atom is -0.353 e. The fourth-order valence-electron chi connectivity index (χ4n) is 1.84. The van der Waals surface area contributed by atoms with E-state index in [1.54, 1.807) is 0 Å². The number of nitrogen functional groups attached to an aromatic ring is 1. The van der Waals surface area contributed by atoms with E-state index < -0.39 is 0 Å². The van der Waals surface area contributed by atoms with E-state index in [2.05, 4.69) is 51.4 Å². The molecule has 0 spiro atoms. The summed E-state index contributed by atoms with van der Waals surface area (Å²) in [6, 6.07) is 0. The van der Waals surface area contributed by atoms with Gasteiger partial charge in [-0.3, -0.25) is 5.43 Å². The summed E-state index contributed by atoms with van der Waals surface area (Å²) in [5, 5.41) is 3.28. The number of nitrogens with two attached hydrogens (primary N) is 1. The second kappa shape index (κ2) is 5.56. The molecule has 1 fully saturated rings. The average molecular weight is 265 g/mol. The topological polar surface area (TPSA) is 92.0 Å². The van der Waals surface area contributed by atoms with Crippen molar-refractivity contribution in [1.29, 1.82) is 0 Å². The van der Waals surface area contributed by atoms with Gasteiger partial charge in [-0.05, 0) is 32.1 Å². The number of hydrogen-bond donors (Lipinski definition) is 3. The van der Waals surface area contributed by atoms with E-state index in [1.165, 1.54) is 12.8 Å². The summed E-state index contributed by atoms with van der Waals surface area (Å²) in [4.78, 5) is 15.0. The Morgan fingerprint density at radius 1 is 1.16 bits per heavy atom. The number of nitrogens with one attached hydrogen (secondary N) is 2. The molecule has 7 nitrogen and oxygen atoms in total. The SMILES string of the molecule is CCN(CC)c1nc(NN)nc(NCC2(C)CC2)n1. The molecule has 106 valence electrons. The van der Waals surface area contributed by atoms with Gasteiger partial charge in [-0.2, -0.15) is 15.0 Å². The minimum absolute atomic E-state index is 0.389. The van der Waals surface area contributed by atoms with Crippen LogP contribution in [-0.4, -0.2) is 34.6 Å². The quantitative estimate of drug-likeness (QED) is 0.504. The van der Waals surface area contributed by atoms with Crippen molar-refractivity contribution in [3.05, 3.63) is 0 Å². The lowest BCUT2D eigenvalue weighted by Gasteiger charge is -2.19. The van der Waals surface area contributed by atoms with Gasteiger partial charge in [-0.1, -0.05) is 6.92 Å². The van der Waals surface area contributed by atoms with E-state index in [9.17, 15) is 0 Å². The first-order chi connectivity index (χ1) is 9.10. The predicted molar refractivity (Wildman–Crippen MR) is 77.0 cm³/mol. The van der Waals surface area contributed by atoms with Gasteiger partial charge in [0.15, 0.2) is 0 Å². The molecule has 1 aliphatic rings. The van der Waals surface area contributed by atoms with Crippen molar-refractivity contribution in [3.8, 4) is 0 Å². The highest BCUT2D eigenvalue weighted by Crippen LogP contribution is 2.44. The van der Waals surface area contributed by atoms with Gasteiger partial charge in [-0.25, -0.2) is 5.84 Å². The lowest BCUT2D eigenvalue weighted by atomic mass is 10.1. The maximum Gasteiger partial charge on any atom is 0.243 e. The van der Waals surface area contributed by atoms with Crippen LogP contribution in [0.4, 0.5) is 17.8 Å². The number of anilines is 3. The molecule has 0 radical (unpaired) electrons. The second-order valence-corrected chi connectivity index (χ2v) is 5.26. The largest absolute Gasteiger partial charge is 0.353 e. The van der Waals surface area contributed by atoms with E-state index in [1.807, 2.05) is 0 Å². The van der Waals surface area contributed by atoms with Gasteiger partial charge in [0, 0.05) is 19.6 Å². The highest BCUT2D eigenvalue weighted by atomic mass is 15.4. The average Bonchev–Trinajstić information content (AvgIpc) is 3.16. The molecular formula is C12H23N7. The zero-order chi connectivity index (χ0) is 13.9. The van der Waals surface area contributed by atoms with Crippen molar-refractivity contribution in [2.45, 2.75) is 33.6 Å². The Hall–Kier alpha value is -1.63. The van der Waals surface area contributed by atoms with Gasteiger partial charge in [0.1, 0.15) is 0 Å². The van der Waals surface area contributed by atoms with E-state index in [0.717, 1.165) is 19.6 Å². The molecule has 0 aliphatic heterocycles. The molecule has 1 heterocycles. The van der Waals surface area contributed by atoms with Crippen LogP contribution < -0.4 is 21.5 Å². The summed E-state index contributed by atoms with van der Waals surface area (Å²) < 4.78 is 0. The molecule has 1 aliphatic carbocycles. The molecule has 1 aromatic heterocycles. The Labute approximate surface area is 114 Å². The molecule has 1 saturated carbocycles. The molecule has 19 heavy (non-hydrogen) atoms. The van der Waals surface area contributed by atoms with Crippen LogP contribution in [0.15, 0.2) is 0 Å². The maximum atomic E-state index is 5.42.